The fourth-order valence-corrected chi connectivity index (χ4v) is 4.20. The van der Waals surface area contributed by atoms with Crippen molar-refractivity contribution in [2.45, 2.75) is 6.92 Å². The first kappa shape index (κ1) is 13.3. The standard InChI is InChI=1S/C15H16ClOSi/c1-13-7-5-6-10-15(13)18(17-12-11-16)14-8-3-2-4-9-14/h2-10H,11-12H2,1H3. The molecule has 18 heavy (non-hydrogen) atoms. The van der Waals surface area contributed by atoms with E-state index in [1.807, 2.05) is 6.07 Å². The molecule has 2 aromatic rings. The Labute approximate surface area is 115 Å². The third-order valence-corrected chi connectivity index (χ3v) is 5.30. The van der Waals surface area contributed by atoms with Gasteiger partial charge in [-0.3, -0.25) is 0 Å². The lowest BCUT2D eigenvalue weighted by Crippen LogP contribution is -2.46. The summed E-state index contributed by atoms with van der Waals surface area (Å²) in [5.74, 6) is 0.535. The van der Waals surface area contributed by atoms with Crippen LogP contribution in [0.15, 0.2) is 54.6 Å². The molecule has 0 saturated carbocycles. The van der Waals surface area contributed by atoms with Crippen molar-refractivity contribution in [2.24, 2.45) is 0 Å². The van der Waals surface area contributed by atoms with Crippen LogP contribution in [0.4, 0.5) is 0 Å². The lowest BCUT2D eigenvalue weighted by molar-refractivity contribution is 0.360. The number of benzene rings is 2. The number of aryl methyl sites for hydroxylation is 1. The molecule has 0 aliphatic heterocycles. The van der Waals surface area contributed by atoms with Gasteiger partial charge in [0.1, 0.15) is 0 Å². The van der Waals surface area contributed by atoms with Crippen LogP contribution in [0, 0.1) is 6.92 Å². The van der Waals surface area contributed by atoms with E-state index in [-0.39, 0.29) is 0 Å². The van der Waals surface area contributed by atoms with Crippen molar-refractivity contribution in [1.29, 1.82) is 0 Å². The van der Waals surface area contributed by atoms with Gasteiger partial charge in [-0.25, -0.2) is 0 Å². The van der Waals surface area contributed by atoms with Gasteiger partial charge in [-0.2, -0.15) is 0 Å². The summed E-state index contributed by atoms with van der Waals surface area (Å²) in [7, 11) is -1.18. The van der Waals surface area contributed by atoms with Crippen molar-refractivity contribution in [3.05, 3.63) is 60.2 Å². The molecule has 0 amide bonds. The van der Waals surface area contributed by atoms with Gasteiger partial charge >= 0.3 is 0 Å². The average molecular weight is 276 g/mol. The third-order valence-electron chi connectivity index (χ3n) is 2.75. The van der Waals surface area contributed by atoms with E-state index in [1.165, 1.54) is 15.9 Å². The maximum atomic E-state index is 6.01. The Hall–Kier alpha value is -1.09. The van der Waals surface area contributed by atoms with Gasteiger partial charge in [0.15, 0.2) is 0 Å². The summed E-state index contributed by atoms with van der Waals surface area (Å²) < 4.78 is 6.01. The fraction of sp³-hybridized carbons (Fsp3) is 0.200. The first-order valence-corrected chi connectivity index (χ1v) is 7.94. The van der Waals surface area contributed by atoms with E-state index in [9.17, 15) is 0 Å². The van der Waals surface area contributed by atoms with E-state index < -0.39 is 9.04 Å². The predicted octanol–water partition coefficient (Wildman–Crippen LogP) is 2.36. The second-order valence-corrected chi connectivity index (χ2v) is 6.49. The van der Waals surface area contributed by atoms with Crippen LogP contribution in [0.3, 0.4) is 0 Å². The Morgan fingerprint density at radius 3 is 2.33 bits per heavy atom. The molecule has 0 aliphatic carbocycles. The average Bonchev–Trinajstić information content (AvgIpc) is 2.42. The van der Waals surface area contributed by atoms with Gasteiger partial charge in [0.05, 0.1) is 0 Å². The zero-order chi connectivity index (χ0) is 12.8. The monoisotopic (exact) mass is 275 g/mol. The third kappa shape index (κ3) is 3.22. The van der Waals surface area contributed by atoms with E-state index >= 15 is 0 Å². The van der Waals surface area contributed by atoms with Crippen molar-refractivity contribution in [3.63, 3.8) is 0 Å². The number of halogens is 1. The zero-order valence-corrected chi connectivity index (χ0v) is 12.2. The molecule has 0 spiro atoms. The Balaban J connectivity index is 2.34. The molecule has 0 N–H and O–H groups in total. The van der Waals surface area contributed by atoms with Crippen LogP contribution in [-0.4, -0.2) is 21.5 Å². The van der Waals surface area contributed by atoms with Gasteiger partial charge in [-0.05, 0) is 22.9 Å². The van der Waals surface area contributed by atoms with Crippen LogP contribution in [-0.2, 0) is 4.43 Å². The highest BCUT2D eigenvalue weighted by molar-refractivity contribution is 6.80. The summed E-state index contributed by atoms with van der Waals surface area (Å²) in [5.41, 5.74) is 1.28. The van der Waals surface area contributed by atoms with Gasteiger partial charge in [-0.1, -0.05) is 54.6 Å². The first-order valence-electron chi connectivity index (χ1n) is 6.00. The van der Waals surface area contributed by atoms with E-state index in [4.69, 9.17) is 16.0 Å². The van der Waals surface area contributed by atoms with E-state index in [1.54, 1.807) is 0 Å². The minimum absolute atomic E-state index is 0.535. The second kappa shape index (κ2) is 6.74. The Kier molecular flexibility index (Phi) is 4.99. The molecule has 0 fully saturated rings. The van der Waals surface area contributed by atoms with Crippen LogP contribution >= 0.6 is 11.6 Å². The van der Waals surface area contributed by atoms with Crippen LogP contribution in [0.2, 0.25) is 0 Å². The molecule has 0 aromatic heterocycles. The molecular weight excluding hydrogens is 260 g/mol. The highest BCUT2D eigenvalue weighted by Crippen LogP contribution is 2.00. The smallest absolute Gasteiger partial charge is 0.283 e. The highest BCUT2D eigenvalue weighted by atomic mass is 35.5. The topological polar surface area (TPSA) is 9.23 Å². The number of alkyl halides is 1. The molecule has 2 rings (SSSR count). The van der Waals surface area contributed by atoms with Crippen LogP contribution < -0.4 is 10.4 Å². The van der Waals surface area contributed by atoms with Gasteiger partial charge in [0, 0.05) is 12.5 Å². The fourth-order valence-electron chi connectivity index (χ4n) is 1.87. The van der Waals surface area contributed by atoms with E-state index in [0.717, 1.165) is 0 Å². The van der Waals surface area contributed by atoms with E-state index in [2.05, 4.69) is 55.5 Å². The summed E-state index contributed by atoms with van der Waals surface area (Å²) in [4.78, 5) is 0. The molecule has 3 heteroatoms. The van der Waals surface area contributed by atoms with Gasteiger partial charge in [-0.15, -0.1) is 11.6 Å². The van der Waals surface area contributed by atoms with Crippen molar-refractivity contribution in [2.75, 3.05) is 12.5 Å². The summed E-state index contributed by atoms with van der Waals surface area (Å²) in [6, 6.07) is 18.8. The molecule has 2 aromatic carbocycles. The Morgan fingerprint density at radius 2 is 1.67 bits per heavy atom. The first-order chi connectivity index (χ1) is 8.83. The van der Waals surface area contributed by atoms with Gasteiger partial charge in [0.2, 0.25) is 0 Å². The predicted molar refractivity (Wildman–Crippen MR) is 79.3 cm³/mol. The number of hydrogen-bond acceptors (Lipinski definition) is 1. The maximum absolute atomic E-state index is 6.01. The molecular formula is C15H16ClOSi. The highest BCUT2D eigenvalue weighted by Gasteiger charge is 2.20. The molecule has 0 unspecified atom stereocenters. The Bertz CT molecular complexity index is 487. The Morgan fingerprint density at radius 1 is 1.00 bits per heavy atom. The minimum atomic E-state index is -1.18. The van der Waals surface area contributed by atoms with Crippen molar-refractivity contribution >= 4 is 31.0 Å². The second-order valence-electron chi connectivity index (χ2n) is 4.05. The zero-order valence-electron chi connectivity index (χ0n) is 10.4. The van der Waals surface area contributed by atoms with Crippen molar-refractivity contribution < 1.29 is 4.43 Å². The SMILES string of the molecule is Cc1ccccc1[Si](OCCCl)c1ccccc1. The van der Waals surface area contributed by atoms with Crippen molar-refractivity contribution in [1.82, 2.24) is 0 Å². The number of rotatable bonds is 5. The van der Waals surface area contributed by atoms with Gasteiger partial charge < -0.3 is 4.43 Å². The molecule has 0 saturated heterocycles. The van der Waals surface area contributed by atoms with Crippen LogP contribution in [0.25, 0.3) is 0 Å². The summed E-state index contributed by atoms with van der Waals surface area (Å²) in [5, 5.41) is 2.57. The quantitative estimate of drug-likeness (QED) is 0.601. The largest absolute Gasteiger partial charge is 0.406 e. The molecule has 0 heterocycles. The minimum Gasteiger partial charge on any atom is -0.406 e. The van der Waals surface area contributed by atoms with Crippen molar-refractivity contribution in [3.8, 4) is 0 Å². The molecule has 0 bridgehead atoms. The maximum Gasteiger partial charge on any atom is 0.283 e. The molecule has 0 aliphatic rings. The normalized spacial score (nSPS) is 10.8. The van der Waals surface area contributed by atoms with Crippen LogP contribution in [0.5, 0.6) is 0 Å². The van der Waals surface area contributed by atoms with Crippen LogP contribution in [0.1, 0.15) is 5.56 Å². The molecule has 93 valence electrons. The number of hydrogen-bond donors (Lipinski definition) is 0. The lowest BCUT2D eigenvalue weighted by atomic mass is 10.2. The summed E-state index contributed by atoms with van der Waals surface area (Å²) >= 11 is 5.75. The van der Waals surface area contributed by atoms with E-state index in [0.29, 0.717) is 12.5 Å². The summed E-state index contributed by atoms with van der Waals surface area (Å²) in [6.07, 6.45) is 0. The molecule has 1 nitrogen and oxygen atoms in total. The summed E-state index contributed by atoms with van der Waals surface area (Å²) in [6.45, 7) is 2.73. The molecule has 1 radical (unpaired) electrons. The lowest BCUT2D eigenvalue weighted by Gasteiger charge is -2.17. The molecule has 0 atom stereocenters. The van der Waals surface area contributed by atoms with Gasteiger partial charge in [0.25, 0.3) is 9.04 Å².